The van der Waals surface area contributed by atoms with E-state index in [0.717, 1.165) is 29.9 Å². The molecule has 1 aliphatic rings. The van der Waals surface area contributed by atoms with Crippen molar-refractivity contribution in [2.45, 2.75) is 38.6 Å². The van der Waals surface area contributed by atoms with E-state index in [2.05, 4.69) is 36.8 Å². The van der Waals surface area contributed by atoms with Gasteiger partial charge >= 0.3 is 0 Å². The van der Waals surface area contributed by atoms with Gasteiger partial charge in [0.25, 0.3) is 0 Å². The van der Waals surface area contributed by atoms with E-state index < -0.39 is 0 Å². The van der Waals surface area contributed by atoms with Crippen LogP contribution in [0.4, 0.5) is 0 Å². The number of ether oxygens (including phenoxy) is 1. The predicted octanol–water partition coefficient (Wildman–Crippen LogP) is 3.84. The zero-order chi connectivity index (χ0) is 15.1. The average Bonchev–Trinajstić information content (AvgIpc) is 2.49. The fourth-order valence-electron chi connectivity index (χ4n) is 2.84. The van der Waals surface area contributed by atoms with Crippen molar-refractivity contribution < 1.29 is 4.74 Å². The van der Waals surface area contributed by atoms with E-state index in [1.54, 1.807) is 0 Å². The molecule has 2 nitrogen and oxygen atoms in total. The fourth-order valence-corrected chi connectivity index (χ4v) is 2.91. The molecule has 1 aliphatic heterocycles. The smallest absolute Gasteiger partial charge is 0.122 e. The number of likely N-dealkylation sites (tertiary alicyclic amines) is 1. The topological polar surface area (TPSA) is 12.5 Å². The molecule has 1 unspecified atom stereocenters. The summed E-state index contributed by atoms with van der Waals surface area (Å²) in [6.45, 7) is 4.06. The van der Waals surface area contributed by atoms with Crippen molar-refractivity contribution in [3.63, 3.8) is 0 Å². The summed E-state index contributed by atoms with van der Waals surface area (Å²) >= 11 is 5.57. The van der Waals surface area contributed by atoms with Crippen LogP contribution in [-0.2, 0) is 0 Å². The highest BCUT2D eigenvalue weighted by Crippen LogP contribution is 2.21. The molecule has 2 rings (SSSR count). The summed E-state index contributed by atoms with van der Waals surface area (Å²) in [6.07, 6.45) is 5.08. The summed E-state index contributed by atoms with van der Waals surface area (Å²) < 4.78 is 5.95. The van der Waals surface area contributed by atoms with Gasteiger partial charge in [0.05, 0.1) is 12.5 Å². The molecule has 0 saturated carbocycles. The second-order valence-corrected chi connectivity index (χ2v) is 5.95. The lowest BCUT2D eigenvalue weighted by atomic mass is 10.0. The van der Waals surface area contributed by atoms with Crippen molar-refractivity contribution in [2.75, 3.05) is 26.1 Å². The van der Waals surface area contributed by atoms with Crippen molar-refractivity contribution in [1.82, 2.24) is 4.90 Å². The molecule has 114 valence electrons. The quantitative estimate of drug-likeness (QED) is 0.619. The Balaban J connectivity index is 1.85. The largest absolute Gasteiger partial charge is 0.493 e. The number of benzene rings is 1. The Morgan fingerprint density at radius 2 is 2.24 bits per heavy atom. The Bertz CT molecular complexity index is 518. The van der Waals surface area contributed by atoms with E-state index in [1.807, 2.05) is 12.1 Å². The summed E-state index contributed by atoms with van der Waals surface area (Å²) in [5, 5.41) is 0. The van der Waals surface area contributed by atoms with Gasteiger partial charge in [-0.05, 0) is 63.5 Å². The Labute approximate surface area is 133 Å². The third kappa shape index (κ3) is 4.95. The molecule has 1 fully saturated rings. The highest BCUT2D eigenvalue weighted by Gasteiger charge is 2.18. The van der Waals surface area contributed by atoms with Crippen LogP contribution in [0.3, 0.4) is 0 Å². The van der Waals surface area contributed by atoms with Crippen molar-refractivity contribution in [3.8, 4) is 17.6 Å². The van der Waals surface area contributed by atoms with Crippen molar-refractivity contribution in [2.24, 2.45) is 0 Å². The van der Waals surface area contributed by atoms with Crippen LogP contribution in [0, 0.1) is 18.8 Å². The molecular formula is C18H24ClNO. The first kappa shape index (κ1) is 16.2. The van der Waals surface area contributed by atoms with Crippen molar-refractivity contribution in [3.05, 3.63) is 29.3 Å². The van der Waals surface area contributed by atoms with E-state index >= 15 is 0 Å². The number of hydrogen-bond acceptors (Lipinski definition) is 2. The minimum Gasteiger partial charge on any atom is -0.493 e. The molecule has 1 atom stereocenters. The first-order chi connectivity index (χ1) is 10.2. The summed E-state index contributed by atoms with van der Waals surface area (Å²) in [7, 11) is 2.22. The molecule has 1 aromatic carbocycles. The van der Waals surface area contributed by atoms with E-state index in [-0.39, 0.29) is 0 Å². The third-order valence-electron chi connectivity index (χ3n) is 4.10. The van der Waals surface area contributed by atoms with Crippen LogP contribution in [0.1, 0.15) is 36.8 Å². The monoisotopic (exact) mass is 305 g/mol. The minimum atomic E-state index is 0.367. The maximum absolute atomic E-state index is 5.95. The van der Waals surface area contributed by atoms with Gasteiger partial charge in [-0.3, -0.25) is 0 Å². The molecule has 0 radical (unpaired) electrons. The van der Waals surface area contributed by atoms with Crippen LogP contribution >= 0.6 is 11.6 Å². The van der Waals surface area contributed by atoms with Crippen LogP contribution in [0.25, 0.3) is 0 Å². The van der Waals surface area contributed by atoms with Crippen LogP contribution in [-0.4, -0.2) is 37.0 Å². The molecule has 0 aliphatic carbocycles. The zero-order valence-corrected chi connectivity index (χ0v) is 13.7. The Kier molecular flexibility index (Phi) is 6.42. The first-order valence-corrected chi connectivity index (χ1v) is 8.22. The molecule has 0 spiro atoms. The van der Waals surface area contributed by atoms with Gasteiger partial charge in [-0.15, -0.1) is 11.6 Å². The summed E-state index contributed by atoms with van der Waals surface area (Å²) in [4.78, 5) is 2.46. The SMILES string of the molecule is Cc1cc(C#CCCl)ccc1OCCC1CCCCN1C. The number of nitrogens with zero attached hydrogens (tertiary/aromatic N) is 1. The van der Waals surface area contributed by atoms with E-state index in [1.165, 1.54) is 25.8 Å². The lowest BCUT2D eigenvalue weighted by molar-refractivity contribution is 0.153. The molecule has 0 aromatic heterocycles. The molecule has 0 amide bonds. The maximum atomic E-state index is 5.95. The number of aryl methyl sites for hydroxylation is 1. The average molecular weight is 306 g/mol. The molecule has 0 N–H and O–H groups in total. The van der Waals surface area contributed by atoms with Crippen molar-refractivity contribution >= 4 is 11.6 Å². The third-order valence-corrected chi connectivity index (χ3v) is 4.24. The van der Waals surface area contributed by atoms with Gasteiger partial charge in [-0.2, -0.15) is 0 Å². The summed E-state index contributed by atoms with van der Waals surface area (Å²) in [5.74, 6) is 7.23. The van der Waals surface area contributed by atoms with Crippen LogP contribution in [0.15, 0.2) is 18.2 Å². The Morgan fingerprint density at radius 3 is 2.95 bits per heavy atom. The highest BCUT2D eigenvalue weighted by atomic mass is 35.5. The van der Waals surface area contributed by atoms with Gasteiger partial charge < -0.3 is 9.64 Å². The predicted molar refractivity (Wildman–Crippen MR) is 89.2 cm³/mol. The number of piperidine rings is 1. The van der Waals surface area contributed by atoms with Gasteiger partial charge in [0.15, 0.2) is 0 Å². The highest BCUT2D eigenvalue weighted by molar-refractivity contribution is 6.19. The normalized spacial score (nSPS) is 18.9. The van der Waals surface area contributed by atoms with E-state index in [4.69, 9.17) is 16.3 Å². The van der Waals surface area contributed by atoms with Crippen LogP contribution < -0.4 is 4.74 Å². The molecule has 1 saturated heterocycles. The molecule has 1 heterocycles. The molecular weight excluding hydrogens is 282 g/mol. The van der Waals surface area contributed by atoms with Crippen LogP contribution in [0.5, 0.6) is 5.75 Å². The molecule has 0 bridgehead atoms. The summed E-state index contributed by atoms with van der Waals surface area (Å²) in [6, 6.07) is 6.74. The van der Waals surface area contributed by atoms with Crippen LogP contribution in [0.2, 0.25) is 0 Å². The van der Waals surface area contributed by atoms with E-state index in [9.17, 15) is 0 Å². The van der Waals surface area contributed by atoms with Gasteiger partial charge in [0.1, 0.15) is 5.75 Å². The van der Waals surface area contributed by atoms with Gasteiger partial charge in [-0.25, -0.2) is 0 Å². The first-order valence-electron chi connectivity index (χ1n) is 7.69. The van der Waals surface area contributed by atoms with E-state index in [0.29, 0.717) is 11.9 Å². The molecule has 1 aromatic rings. The summed E-state index contributed by atoms with van der Waals surface area (Å²) in [5.41, 5.74) is 2.13. The Morgan fingerprint density at radius 1 is 1.38 bits per heavy atom. The maximum Gasteiger partial charge on any atom is 0.122 e. The van der Waals surface area contributed by atoms with Gasteiger partial charge in [0.2, 0.25) is 0 Å². The second-order valence-electron chi connectivity index (χ2n) is 5.68. The van der Waals surface area contributed by atoms with Gasteiger partial charge in [-0.1, -0.05) is 18.3 Å². The second kappa shape index (κ2) is 8.32. The number of halogens is 1. The lowest BCUT2D eigenvalue weighted by Gasteiger charge is -2.32. The number of alkyl halides is 1. The number of rotatable bonds is 4. The minimum absolute atomic E-state index is 0.367. The Hall–Kier alpha value is -1.17. The standard InChI is InChI=1S/C18H24ClNO/c1-15-14-16(6-5-11-19)8-9-18(15)21-13-10-17-7-3-4-12-20(17)2/h8-9,14,17H,3-4,7,10-13H2,1-2H3. The molecule has 3 heteroatoms. The van der Waals surface area contributed by atoms with Crippen molar-refractivity contribution in [1.29, 1.82) is 0 Å². The van der Waals surface area contributed by atoms with Gasteiger partial charge in [0, 0.05) is 11.6 Å². The fraction of sp³-hybridized carbons (Fsp3) is 0.556. The zero-order valence-electron chi connectivity index (χ0n) is 13.0. The number of hydrogen-bond donors (Lipinski definition) is 0. The lowest BCUT2D eigenvalue weighted by Crippen LogP contribution is -2.37. The molecule has 21 heavy (non-hydrogen) atoms.